The van der Waals surface area contributed by atoms with E-state index < -0.39 is 5.82 Å². The van der Waals surface area contributed by atoms with Gasteiger partial charge < -0.3 is 4.74 Å². The summed E-state index contributed by atoms with van der Waals surface area (Å²) in [5.74, 6) is -0.239. The fraction of sp³-hybridized carbons (Fsp3) is 0. The van der Waals surface area contributed by atoms with E-state index >= 15 is 0 Å². The van der Waals surface area contributed by atoms with Crippen molar-refractivity contribution in [2.75, 3.05) is 0 Å². The van der Waals surface area contributed by atoms with E-state index in [1.165, 1.54) is 30.5 Å². The van der Waals surface area contributed by atoms with Crippen LogP contribution in [0.2, 0.25) is 5.02 Å². The van der Waals surface area contributed by atoms with Gasteiger partial charge in [-0.05, 0) is 18.2 Å². The highest BCUT2D eigenvalue weighted by molar-refractivity contribution is 6.30. The van der Waals surface area contributed by atoms with Gasteiger partial charge in [-0.3, -0.25) is 0 Å². The molecule has 0 amide bonds. The zero-order chi connectivity index (χ0) is 12.3. The molecule has 6 heteroatoms. The van der Waals surface area contributed by atoms with E-state index in [-0.39, 0.29) is 16.7 Å². The average molecular weight is 250 g/mol. The van der Waals surface area contributed by atoms with Gasteiger partial charge in [-0.1, -0.05) is 11.6 Å². The largest absolute Gasteiger partial charge is 0.424 e. The number of ether oxygens (including phenoxy) is 1. The molecule has 2 rings (SSSR count). The van der Waals surface area contributed by atoms with Crippen molar-refractivity contribution in [3.05, 3.63) is 47.0 Å². The molecule has 2 aromatic rings. The Balaban J connectivity index is 2.25. The molecule has 1 aromatic heterocycles. The van der Waals surface area contributed by atoms with E-state index in [2.05, 4.69) is 9.97 Å². The molecule has 0 bridgehead atoms. The number of rotatable bonds is 2. The SMILES string of the molecule is N#Cc1ccnc(Oc2ccc(F)c(Cl)c2)n1. The molecule has 0 saturated carbocycles. The predicted octanol–water partition coefficient (Wildman–Crippen LogP) is 2.93. The number of benzene rings is 1. The first-order chi connectivity index (χ1) is 8.19. The Kier molecular flexibility index (Phi) is 3.17. The second-order valence-corrected chi connectivity index (χ2v) is 3.42. The smallest absolute Gasteiger partial charge is 0.323 e. The summed E-state index contributed by atoms with van der Waals surface area (Å²) in [7, 11) is 0. The van der Waals surface area contributed by atoms with E-state index in [0.29, 0.717) is 5.75 Å². The van der Waals surface area contributed by atoms with Crippen molar-refractivity contribution in [1.82, 2.24) is 9.97 Å². The molecule has 0 unspecified atom stereocenters. The van der Waals surface area contributed by atoms with E-state index in [9.17, 15) is 4.39 Å². The number of hydrogen-bond acceptors (Lipinski definition) is 4. The first kappa shape index (κ1) is 11.3. The van der Waals surface area contributed by atoms with Crippen molar-refractivity contribution in [3.63, 3.8) is 0 Å². The van der Waals surface area contributed by atoms with E-state index in [1.807, 2.05) is 6.07 Å². The quantitative estimate of drug-likeness (QED) is 0.821. The van der Waals surface area contributed by atoms with Gasteiger partial charge in [0.2, 0.25) is 0 Å². The second-order valence-electron chi connectivity index (χ2n) is 3.01. The maximum absolute atomic E-state index is 12.9. The second kappa shape index (κ2) is 4.76. The molecule has 1 heterocycles. The van der Waals surface area contributed by atoms with Gasteiger partial charge in [0.15, 0.2) is 0 Å². The molecule has 84 valence electrons. The number of nitriles is 1. The maximum Gasteiger partial charge on any atom is 0.323 e. The van der Waals surface area contributed by atoms with Gasteiger partial charge >= 0.3 is 6.01 Å². The van der Waals surface area contributed by atoms with Crippen LogP contribution in [-0.4, -0.2) is 9.97 Å². The summed E-state index contributed by atoms with van der Waals surface area (Å²) in [6.07, 6.45) is 1.39. The highest BCUT2D eigenvalue weighted by Gasteiger charge is 2.05. The lowest BCUT2D eigenvalue weighted by atomic mass is 10.3. The molecule has 0 atom stereocenters. The minimum Gasteiger partial charge on any atom is -0.424 e. The third kappa shape index (κ3) is 2.68. The molecule has 4 nitrogen and oxygen atoms in total. The highest BCUT2D eigenvalue weighted by Crippen LogP contribution is 2.24. The van der Waals surface area contributed by atoms with Crippen LogP contribution in [0.5, 0.6) is 11.8 Å². The predicted molar refractivity (Wildman–Crippen MR) is 58.2 cm³/mol. The Bertz CT molecular complexity index is 598. The average Bonchev–Trinajstić information content (AvgIpc) is 2.34. The minimum atomic E-state index is -0.536. The zero-order valence-corrected chi connectivity index (χ0v) is 9.15. The number of aromatic nitrogens is 2. The van der Waals surface area contributed by atoms with Crippen LogP contribution >= 0.6 is 11.6 Å². The normalized spacial score (nSPS) is 9.71. The monoisotopic (exact) mass is 249 g/mol. The molecule has 0 spiro atoms. The summed E-state index contributed by atoms with van der Waals surface area (Å²) < 4.78 is 18.1. The fourth-order valence-electron chi connectivity index (χ4n) is 1.10. The van der Waals surface area contributed by atoms with Gasteiger partial charge in [-0.15, -0.1) is 0 Å². The third-order valence-electron chi connectivity index (χ3n) is 1.85. The molecule has 0 fully saturated rings. The third-order valence-corrected chi connectivity index (χ3v) is 2.14. The van der Waals surface area contributed by atoms with Crippen molar-refractivity contribution in [2.24, 2.45) is 0 Å². The molecule has 1 aromatic carbocycles. The van der Waals surface area contributed by atoms with Crippen molar-refractivity contribution in [3.8, 4) is 17.8 Å². The molecule has 0 aliphatic carbocycles. The summed E-state index contributed by atoms with van der Waals surface area (Å²) >= 11 is 5.59. The lowest BCUT2D eigenvalue weighted by Crippen LogP contribution is -1.93. The standard InChI is InChI=1S/C11H5ClFN3O/c12-9-5-8(1-2-10(9)13)17-11-15-4-3-7(6-14)16-11/h1-5H. The van der Waals surface area contributed by atoms with E-state index in [1.54, 1.807) is 0 Å². The van der Waals surface area contributed by atoms with Gasteiger partial charge in [0.1, 0.15) is 23.3 Å². The Morgan fingerprint density at radius 3 is 2.88 bits per heavy atom. The van der Waals surface area contributed by atoms with Crippen LogP contribution in [0.25, 0.3) is 0 Å². The fourth-order valence-corrected chi connectivity index (χ4v) is 1.27. The summed E-state index contributed by atoms with van der Waals surface area (Å²) in [6.45, 7) is 0. The maximum atomic E-state index is 12.9. The van der Waals surface area contributed by atoms with Crippen LogP contribution in [0, 0.1) is 17.1 Å². The van der Waals surface area contributed by atoms with Crippen molar-refractivity contribution in [2.45, 2.75) is 0 Å². The lowest BCUT2D eigenvalue weighted by molar-refractivity contribution is 0.440. The Morgan fingerprint density at radius 2 is 2.18 bits per heavy atom. The number of hydrogen-bond donors (Lipinski definition) is 0. The summed E-state index contributed by atoms with van der Waals surface area (Å²) in [5.41, 5.74) is 0.184. The first-order valence-electron chi connectivity index (χ1n) is 4.55. The van der Waals surface area contributed by atoms with Gasteiger partial charge in [-0.25, -0.2) is 9.37 Å². The van der Waals surface area contributed by atoms with Crippen LogP contribution in [-0.2, 0) is 0 Å². The molecule has 0 aliphatic heterocycles. The zero-order valence-electron chi connectivity index (χ0n) is 8.39. The summed E-state index contributed by atoms with van der Waals surface area (Å²) in [5, 5.41) is 8.59. The summed E-state index contributed by atoms with van der Waals surface area (Å²) in [6, 6.07) is 7.18. The number of nitrogens with zero attached hydrogens (tertiary/aromatic N) is 3. The van der Waals surface area contributed by atoms with Crippen molar-refractivity contribution < 1.29 is 9.13 Å². The van der Waals surface area contributed by atoms with E-state index in [4.69, 9.17) is 21.6 Å². The molecular formula is C11H5ClFN3O. The topological polar surface area (TPSA) is 58.8 Å². The van der Waals surface area contributed by atoms with Crippen LogP contribution < -0.4 is 4.74 Å². The molecule has 0 aliphatic rings. The van der Waals surface area contributed by atoms with Crippen molar-refractivity contribution >= 4 is 11.6 Å². The molecule has 17 heavy (non-hydrogen) atoms. The Labute approximate surface area is 101 Å². The van der Waals surface area contributed by atoms with Crippen LogP contribution in [0.1, 0.15) is 5.69 Å². The highest BCUT2D eigenvalue weighted by atomic mass is 35.5. The van der Waals surface area contributed by atoms with Crippen LogP contribution in [0.15, 0.2) is 30.5 Å². The van der Waals surface area contributed by atoms with E-state index in [0.717, 1.165) is 0 Å². The van der Waals surface area contributed by atoms with Gasteiger partial charge in [0, 0.05) is 12.3 Å². The minimum absolute atomic E-state index is 0.00623. The van der Waals surface area contributed by atoms with Gasteiger partial charge in [0.05, 0.1) is 5.02 Å². The Morgan fingerprint density at radius 1 is 1.35 bits per heavy atom. The van der Waals surface area contributed by atoms with Gasteiger partial charge in [0.25, 0.3) is 0 Å². The summed E-state index contributed by atoms with van der Waals surface area (Å²) in [4.78, 5) is 7.62. The molecule has 0 saturated heterocycles. The lowest BCUT2D eigenvalue weighted by Gasteiger charge is -2.03. The molecular weight excluding hydrogens is 245 g/mol. The first-order valence-corrected chi connectivity index (χ1v) is 4.93. The van der Waals surface area contributed by atoms with Gasteiger partial charge in [-0.2, -0.15) is 10.2 Å². The van der Waals surface area contributed by atoms with Crippen LogP contribution in [0.4, 0.5) is 4.39 Å². The number of halogens is 2. The van der Waals surface area contributed by atoms with Crippen LogP contribution in [0.3, 0.4) is 0 Å². The Hall–Kier alpha value is -2.19. The molecule has 0 radical (unpaired) electrons. The molecule has 0 N–H and O–H groups in total. The van der Waals surface area contributed by atoms with Crippen molar-refractivity contribution in [1.29, 1.82) is 5.26 Å².